The summed E-state index contributed by atoms with van der Waals surface area (Å²) >= 11 is 0. The molecule has 1 aromatic heterocycles. The molecule has 1 atom stereocenters. The van der Waals surface area contributed by atoms with Crippen LogP contribution >= 0.6 is 0 Å². The van der Waals surface area contributed by atoms with E-state index in [1.165, 1.54) is 0 Å². The second kappa shape index (κ2) is 3.85. The van der Waals surface area contributed by atoms with Gasteiger partial charge in [-0.1, -0.05) is 18.2 Å². The van der Waals surface area contributed by atoms with E-state index >= 15 is 0 Å². The van der Waals surface area contributed by atoms with E-state index in [4.69, 9.17) is 0 Å². The smallest absolute Gasteiger partial charge is 0.184 e. The standard InChI is InChI=1S/C12H14N2O2S/c15-17(16,9-5-6-13-7-9)12-8-14-11-4-2-1-3-10(11)12/h1-4,8-9,13-14H,5-7H2. The number of fused-ring (bicyclic) bond motifs is 1. The van der Waals surface area contributed by atoms with E-state index in [0.29, 0.717) is 17.9 Å². The highest BCUT2D eigenvalue weighted by molar-refractivity contribution is 7.92. The monoisotopic (exact) mass is 250 g/mol. The van der Waals surface area contributed by atoms with Gasteiger partial charge in [0.05, 0.1) is 10.1 Å². The van der Waals surface area contributed by atoms with Crippen LogP contribution < -0.4 is 5.32 Å². The third kappa shape index (κ3) is 1.66. The number of nitrogens with one attached hydrogen (secondary N) is 2. The predicted octanol–water partition coefficient (Wildman–Crippen LogP) is 1.30. The lowest BCUT2D eigenvalue weighted by atomic mass is 10.2. The van der Waals surface area contributed by atoms with Crippen LogP contribution in [-0.4, -0.2) is 31.7 Å². The largest absolute Gasteiger partial charge is 0.360 e. The van der Waals surface area contributed by atoms with Gasteiger partial charge in [-0.15, -0.1) is 0 Å². The molecule has 0 bridgehead atoms. The highest BCUT2D eigenvalue weighted by Crippen LogP contribution is 2.27. The first-order valence-electron chi connectivity index (χ1n) is 5.70. The second-order valence-corrected chi connectivity index (χ2v) is 6.55. The van der Waals surface area contributed by atoms with Crippen molar-refractivity contribution in [3.63, 3.8) is 0 Å². The molecule has 1 saturated heterocycles. The van der Waals surface area contributed by atoms with Gasteiger partial charge in [-0.3, -0.25) is 0 Å². The van der Waals surface area contributed by atoms with E-state index in [2.05, 4.69) is 10.3 Å². The predicted molar refractivity (Wildman–Crippen MR) is 66.8 cm³/mol. The fourth-order valence-corrected chi connectivity index (χ4v) is 4.19. The van der Waals surface area contributed by atoms with Crippen molar-refractivity contribution in [2.24, 2.45) is 0 Å². The fraction of sp³-hybridized carbons (Fsp3) is 0.333. The normalized spacial score (nSPS) is 21.1. The van der Waals surface area contributed by atoms with Gasteiger partial charge in [0.1, 0.15) is 0 Å². The summed E-state index contributed by atoms with van der Waals surface area (Å²) in [5.41, 5.74) is 0.872. The molecule has 1 aromatic carbocycles. The van der Waals surface area contributed by atoms with Gasteiger partial charge in [-0.2, -0.15) is 0 Å². The molecule has 1 aliphatic heterocycles. The van der Waals surface area contributed by atoms with Crippen molar-refractivity contribution in [1.29, 1.82) is 0 Å². The molecule has 1 aliphatic rings. The van der Waals surface area contributed by atoms with Crippen LogP contribution in [0.5, 0.6) is 0 Å². The summed E-state index contributed by atoms with van der Waals surface area (Å²) in [7, 11) is -3.22. The van der Waals surface area contributed by atoms with Crippen LogP contribution in [0.4, 0.5) is 0 Å². The minimum absolute atomic E-state index is 0.290. The molecule has 0 spiro atoms. The molecule has 1 fully saturated rings. The fourth-order valence-electron chi connectivity index (χ4n) is 2.35. The molecule has 2 aromatic rings. The molecule has 2 heterocycles. The summed E-state index contributed by atoms with van der Waals surface area (Å²) in [5.74, 6) is 0. The molecule has 0 saturated carbocycles. The second-order valence-electron chi connectivity index (χ2n) is 4.36. The number of sulfone groups is 1. The molecule has 4 nitrogen and oxygen atoms in total. The molecule has 3 rings (SSSR count). The van der Waals surface area contributed by atoms with E-state index in [0.717, 1.165) is 17.4 Å². The summed E-state index contributed by atoms with van der Waals surface area (Å²) < 4.78 is 24.9. The van der Waals surface area contributed by atoms with Crippen molar-refractivity contribution in [3.05, 3.63) is 30.5 Å². The number of H-pyrrole nitrogens is 1. The molecule has 0 aliphatic carbocycles. The minimum Gasteiger partial charge on any atom is -0.360 e. The van der Waals surface area contributed by atoms with Crippen molar-refractivity contribution in [2.45, 2.75) is 16.6 Å². The van der Waals surface area contributed by atoms with Crippen molar-refractivity contribution in [1.82, 2.24) is 10.3 Å². The molecular weight excluding hydrogens is 236 g/mol. The van der Waals surface area contributed by atoms with Crippen LogP contribution in [0.25, 0.3) is 10.9 Å². The molecule has 0 radical (unpaired) electrons. The van der Waals surface area contributed by atoms with Gasteiger partial charge in [0.15, 0.2) is 9.84 Å². The van der Waals surface area contributed by atoms with E-state index in [9.17, 15) is 8.42 Å². The maximum absolute atomic E-state index is 12.4. The highest BCUT2D eigenvalue weighted by Gasteiger charge is 2.31. The van der Waals surface area contributed by atoms with E-state index in [1.807, 2.05) is 24.3 Å². The third-order valence-corrected chi connectivity index (χ3v) is 5.54. The van der Waals surface area contributed by atoms with Crippen LogP contribution in [0, 0.1) is 0 Å². The molecular formula is C12H14N2O2S. The number of aromatic nitrogens is 1. The number of benzene rings is 1. The maximum Gasteiger partial charge on any atom is 0.184 e. The van der Waals surface area contributed by atoms with Gasteiger partial charge >= 0.3 is 0 Å². The summed E-state index contributed by atoms with van der Waals surface area (Å²) in [5, 5.41) is 3.60. The maximum atomic E-state index is 12.4. The summed E-state index contributed by atoms with van der Waals surface area (Å²) in [4.78, 5) is 3.45. The number of hydrogen-bond acceptors (Lipinski definition) is 3. The summed E-state index contributed by atoms with van der Waals surface area (Å²) in [6.45, 7) is 1.34. The highest BCUT2D eigenvalue weighted by atomic mass is 32.2. The SMILES string of the molecule is O=S(=O)(c1c[nH]c2ccccc12)C1CCNC1. The first kappa shape index (κ1) is 10.8. The Kier molecular flexibility index (Phi) is 2.45. The molecule has 17 heavy (non-hydrogen) atoms. The summed E-state index contributed by atoms with van der Waals surface area (Å²) in [6, 6.07) is 7.50. The molecule has 90 valence electrons. The quantitative estimate of drug-likeness (QED) is 0.844. The minimum atomic E-state index is -3.22. The van der Waals surface area contributed by atoms with Gasteiger partial charge in [0.2, 0.25) is 0 Å². The van der Waals surface area contributed by atoms with Crippen molar-refractivity contribution < 1.29 is 8.42 Å². The van der Waals surface area contributed by atoms with Gasteiger partial charge in [-0.05, 0) is 19.0 Å². The van der Waals surface area contributed by atoms with Crippen LogP contribution in [0.2, 0.25) is 0 Å². The van der Waals surface area contributed by atoms with E-state index < -0.39 is 9.84 Å². The van der Waals surface area contributed by atoms with Crippen LogP contribution in [0.1, 0.15) is 6.42 Å². The Bertz CT molecular complexity index is 639. The van der Waals surface area contributed by atoms with Crippen molar-refractivity contribution in [2.75, 3.05) is 13.1 Å². The Hall–Kier alpha value is -1.33. The average molecular weight is 250 g/mol. The van der Waals surface area contributed by atoms with Gasteiger partial charge in [0.25, 0.3) is 0 Å². The van der Waals surface area contributed by atoms with Gasteiger partial charge < -0.3 is 10.3 Å². The molecule has 1 unspecified atom stereocenters. The number of rotatable bonds is 2. The topological polar surface area (TPSA) is 62.0 Å². The van der Waals surface area contributed by atoms with E-state index in [-0.39, 0.29) is 5.25 Å². The summed E-state index contributed by atoms with van der Waals surface area (Å²) in [6.07, 6.45) is 2.31. The lowest BCUT2D eigenvalue weighted by molar-refractivity contribution is 0.584. The van der Waals surface area contributed by atoms with E-state index in [1.54, 1.807) is 6.20 Å². The lowest BCUT2D eigenvalue weighted by Gasteiger charge is -2.09. The first-order chi connectivity index (χ1) is 8.19. The van der Waals surface area contributed by atoms with Crippen LogP contribution in [-0.2, 0) is 9.84 Å². The third-order valence-electron chi connectivity index (χ3n) is 3.31. The Morgan fingerprint density at radius 3 is 2.82 bits per heavy atom. The van der Waals surface area contributed by atoms with Crippen LogP contribution in [0.3, 0.4) is 0 Å². The van der Waals surface area contributed by atoms with Crippen molar-refractivity contribution in [3.8, 4) is 0 Å². The average Bonchev–Trinajstić information content (AvgIpc) is 2.99. The zero-order valence-corrected chi connectivity index (χ0v) is 10.1. The lowest BCUT2D eigenvalue weighted by Crippen LogP contribution is -2.23. The Morgan fingerprint density at radius 1 is 1.24 bits per heavy atom. The molecule has 0 amide bonds. The van der Waals surface area contributed by atoms with Gasteiger partial charge in [-0.25, -0.2) is 8.42 Å². The molecule has 2 N–H and O–H groups in total. The Balaban J connectivity index is 2.14. The zero-order valence-electron chi connectivity index (χ0n) is 9.31. The Morgan fingerprint density at radius 2 is 2.06 bits per heavy atom. The molecule has 5 heteroatoms. The Labute approximate surface area is 100.0 Å². The van der Waals surface area contributed by atoms with Gasteiger partial charge in [0, 0.05) is 23.6 Å². The zero-order chi connectivity index (χ0) is 11.9. The number of aromatic amines is 1. The first-order valence-corrected chi connectivity index (χ1v) is 7.25. The van der Waals surface area contributed by atoms with Crippen molar-refractivity contribution >= 4 is 20.7 Å². The number of para-hydroxylation sites is 1. The number of hydrogen-bond donors (Lipinski definition) is 2. The van der Waals surface area contributed by atoms with Crippen LogP contribution in [0.15, 0.2) is 35.4 Å².